The molecule has 0 unspecified atom stereocenters. The van der Waals surface area contributed by atoms with Gasteiger partial charge in [0, 0.05) is 31.4 Å². The third-order valence-corrected chi connectivity index (χ3v) is 3.46. The maximum atomic E-state index is 13.8. The number of benzene rings is 1. The van der Waals surface area contributed by atoms with Crippen molar-refractivity contribution in [2.75, 3.05) is 6.54 Å². The van der Waals surface area contributed by atoms with E-state index >= 15 is 0 Å². The molecule has 0 saturated heterocycles. The van der Waals surface area contributed by atoms with Crippen LogP contribution in [0.15, 0.2) is 36.7 Å². The number of imidazole rings is 1. The molecule has 1 amide bonds. The van der Waals surface area contributed by atoms with Crippen LogP contribution in [0.3, 0.4) is 0 Å². The average Bonchev–Trinajstić information content (AvgIpc) is 2.87. The van der Waals surface area contributed by atoms with Gasteiger partial charge >= 0.3 is 0 Å². The third kappa shape index (κ3) is 4.16. The van der Waals surface area contributed by atoms with Crippen molar-refractivity contribution in [3.8, 4) is 0 Å². The van der Waals surface area contributed by atoms with Crippen molar-refractivity contribution in [1.82, 2.24) is 14.5 Å². The Kier molecular flexibility index (Phi) is 5.31. The Labute approximate surface area is 130 Å². The van der Waals surface area contributed by atoms with Crippen LogP contribution in [0.4, 0.5) is 4.39 Å². The number of rotatable bonds is 6. The summed E-state index contributed by atoms with van der Waals surface area (Å²) < 4.78 is 15.7. The minimum Gasteiger partial charge on any atom is -0.335 e. The SMILES string of the molecule is CC(=O)N(Cc1nccn1Cc1ccccc1F)CC(C)C. The van der Waals surface area contributed by atoms with E-state index in [1.165, 1.54) is 6.07 Å². The van der Waals surface area contributed by atoms with Crippen molar-refractivity contribution in [3.05, 3.63) is 53.9 Å². The number of carbonyl (C=O) groups is 1. The van der Waals surface area contributed by atoms with Gasteiger partial charge in [0.05, 0.1) is 13.1 Å². The Balaban J connectivity index is 2.15. The Morgan fingerprint density at radius 2 is 2.09 bits per heavy atom. The van der Waals surface area contributed by atoms with Gasteiger partial charge in [-0.2, -0.15) is 0 Å². The van der Waals surface area contributed by atoms with E-state index in [-0.39, 0.29) is 11.7 Å². The summed E-state index contributed by atoms with van der Waals surface area (Å²) in [5.41, 5.74) is 0.611. The Morgan fingerprint density at radius 1 is 1.36 bits per heavy atom. The molecule has 2 rings (SSSR count). The van der Waals surface area contributed by atoms with Gasteiger partial charge in [-0.25, -0.2) is 9.37 Å². The zero-order valence-corrected chi connectivity index (χ0v) is 13.3. The van der Waals surface area contributed by atoms with Crippen molar-refractivity contribution < 1.29 is 9.18 Å². The maximum absolute atomic E-state index is 13.8. The summed E-state index contributed by atoms with van der Waals surface area (Å²) >= 11 is 0. The second-order valence-electron chi connectivity index (χ2n) is 5.86. The molecule has 0 spiro atoms. The fraction of sp³-hybridized carbons (Fsp3) is 0.412. The lowest BCUT2D eigenvalue weighted by atomic mass is 10.2. The Bertz CT molecular complexity index is 636. The third-order valence-electron chi connectivity index (χ3n) is 3.46. The molecule has 0 aliphatic heterocycles. The van der Waals surface area contributed by atoms with Crippen molar-refractivity contribution in [3.63, 3.8) is 0 Å². The summed E-state index contributed by atoms with van der Waals surface area (Å²) in [6, 6.07) is 6.70. The molecule has 0 N–H and O–H groups in total. The molecule has 5 heteroatoms. The number of carbonyl (C=O) groups excluding carboxylic acids is 1. The van der Waals surface area contributed by atoms with Crippen LogP contribution in [-0.2, 0) is 17.9 Å². The van der Waals surface area contributed by atoms with Gasteiger partial charge in [0.15, 0.2) is 0 Å². The van der Waals surface area contributed by atoms with E-state index in [4.69, 9.17) is 0 Å². The van der Waals surface area contributed by atoms with Crippen LogP contribution in [0.2, 0.25) is 0 Å². The van der Waals surface area contributed by atoms with Crippen LogP contribution in [0.5, 0.6) is 0 Å². The topological polar surface area (TPSA) is 38.1 Å². The lowest BCUT2D eigenvalue weighted by Gasteiger charge is -2.23. The van der Waals surface area contributed by atoms with E-state index in [2.05, 4.69) is 18.8 Å². The van der Waals surface area contributed by atoms with Gasteiger partial charge in [-0.05, 0) is 12.0 Å². The number of hydrogen-bond acceptors (Lipinski definition) is 2. The molecule has 0 radical (unpaired) electrons. The monoisotopic (exact) mass is 303 g/mol. The fourth-order valence-corrected chi connectivity index (χ4v) is 2.36. The van der Waals surface area contributed by atoms with Crippen LogP contribution >= 0.6 is 0 Å². The molecule has 1 aromatic heterocycles. The summed E-state index contributed by atoms with van der Waals surface area (Å²) in [5, 5.41) is 0. The molecule has 0 bridgehead atoms. The Morgan fingerprint density at radius 3 is 2.73 bits per heavy atom. The molecular weight excluding hydrogens is 281 g/mol. The molecule has 4 nitrogen and oxygen atoms in total. The van der Waals surface area contributed by atoms with Crippen LogP contribution in [0.1, 0.15) is 32.2 Å². The van der Waals surface area contributed by atoms with E-state index in [9.17, 15) is 9.18 Å². The lowest BCUT2D eigenvalue weighted by Crippen LogP contribution is -2.32. The number of hydrogen-bond donors (Lipinski definition) is 0. The summed E-state index contributed by atoms with van der Waals surface area (Å²) in [6.07, 6.45) is 3.50. The second-order valence-corrected chi connectivity index (χ2v) is 5.86. The quantitative estimate of drug-likeness (QED) is 0.822. The molecule has 1 heterocycles. The molecule has 0 aliphatic rings. The number of halogens is 1. The normalized spacial score (nSPS) is 11.0. The molecule has 0 saturated carbocycles. The summed E-state index contributed by atoms with van der Waals surface area (Å²) in [6.45, 7) is 7.24. The maximum Gasteiger partial charge on any atom is 0.219 e. The van der Waals surface area contributed by atoms with Gasteiger partial charge in [0.25, 0.3) is 0 Å². The predicted octanol–water partition coefficient (Wildman–Crippen LogP) is 3.08. The standard InChI is InChI=1S/C17H22FN3O/c1-13(2)10-21(14(3)22)12-17-19-8-9-20(17)11-15-6-4-5-7-16(15)18/h4-9,13H,10-12H2,1-3H3. The molecule has 2 aromatic rings. The predicted molar refractivity (Wildman–Crippen MR) is 83.7 cm³/mol. The van der Waals surface area contributed by atoms with E-state index in [0.717, 1.165) is 5.82 Å². The van der Waals surface area contributed by atoms with Gasteiger partial charge in [-0.1, -0.05) is 32.0 Å². The van der Waals surface area contributed by atoms with Gasteiger partial charge < -0.3 is 9.47 Å². The Hall–Kier alpha value is -2.17. The van der Waals surface area contributed by atoms with E-state index < -0.39 is 0 Å². The second kappa shape index (κ2) is 7.20. The zero-order valence-electron chi connectivity index (χ0n) is 13.3. The van der Waals surface area contributed by atoms with Gasteiger partial charge in [-0.3, -0.25) is 4.79 Å². The van der Waals surface area contributed by atoms with Crippen LogP contribution < -0.4 is 0 Å². The first-order valence-corrected chi connectivity index (χ1v) is 7.46. The molecule has 118 valence electrons. The summed E-state index contributed by atoms with van der Waals surface area (Å²) in [7, 11) is 0. The highest BCUT2D eigenvalue weighted by molar-refractivity contribution is 5.73. The average molecular weight is 303 g/mol. The molecule has 0 aliphatic carbocycles. The minimum absolute atomic E-state index is 0.0224. The van der Waals surface area contributed by atoms with Crippen LogP contribution in [0, 0.1) is 11.7 Å². The van der Waals surface area contributed by atoms with Gasteiger partial charge in [-0.15, -0.1) is 0 Å². The molecular formula is C17H22FN3O. The van der Waals surface area contributed by atoms with Crippen molar-refractivity contribution >= 4 is 5.91 Å². The number of nitrogens with zero attached hydrogens (tertiary/aromatic N) is 3. The summed E-state index contributed by atoms with van der Waals surface area (Å²) in [5.74, 6) is 0.944. The first kappa shape index (κ1) is 16.2. The molecule has 22 heavy (non-hydrogen) atoms. The van der Waals surface area contributed by atoms with Crippen molar-refractivity contribution in [2.24, 2.45) is 5.92 Å². The fourth-order valence-electron chi connectivity index (χ4n) is 2.36. The van der Waals surface area contributed by atoms with Crippen molar-refractivity contribution in [2.45, 2.75) is 33.9 Å². The largest absolute Gasteiger partial charge is 0.335 e. The first-order chi connectivity index (χ1) is 10.5. The highest BCUT2D eigenvalue weighted by atomic mass is 19.1. The number of aromatic nitrogens is 2. The van der Waals surface area contributed by atoms with Crippen LogP contribution in [0.25, 0.3) is 0 Å². The first-order valence-electron chi connectivity index (χ1n) is 7.46. The number of amides is 1. The summed E-state index contributed by atoms with van der Waals surface area (Å²) in [4.78, 5) is 17.8. The van der Waals surface area contributed by atoms with E-state index in [1.807, 2.05) is 16.8 Å². The van der Waals surface area contributed by atoms with E-state index in [0.29, 0.717) is 31.1 Å². The van der Waals surface area contributed by atoms with Gasteiger partial charge in [0.1, 0.15) is 11.6 Å². The highest BCUT2D eigenvalue weighted by Crippen LogP contribution is 2.12. The molecule has 1 aromatic carbocycles. The van der Waals surface area contributed by atoms with Gasteiger partial charge in [0.2, 0.25) is 5.91 Å². The van der Waals surface area contributed by atoms with E-state index in [1.54, 1.807) is 30.2 Å². The smallest absolute Gasteiger partial charge is 0.219 e. The van der Waals surface area contributed by atoms with Crippen molar-refractivity contribution in [1.29, 1.82) is 0 Å². The highest BCUT2D eigenvalue weighted by Gasteiger charge is 2.15. The molecule has 0 fully saturated rings. The zero-order chi connectivity index (χ0) is 16.1. The molecule has 0 atom stereocenters. The lowest BCUT2D eigenvalue weighted by molar-refractivity contribution is -0.130. The van der Waals surface area contributed by atoms with Crippen LogP contribution in [-0.4, -0.2) is 26.9 Å². The minimum atomic E-state index is -0.229.